The highest BCUT2D eigenvalue weighted by molar-refractivity contribution is 6.06. The molecular formula is C15H23N5O2+2. The normalized spacial score (nSPS) is 30.1. The number of amidine groups is 1. The van der Waals surface area contributed by atoms with Gasteiger partial charge in [-0.1, -0.05) is 27.7 Å². The molecule has 0 saturated heterocycles. The summed E-state index contributed by atoms with van der Waals surface area (Å²) in [7, 11) is 0. The Kier molecular flexibility index (Phi) is 3.47. The van der Waals surface area contributed by atoms with Crippen molar-refractivity contribution in [2.75, 3.05) is 13.1 Å². The van der Waals surface area contributed by atoms with E-state index in [1.807, 2.05) is 13.8 Å². The highest BCUT2D eigenvalue weighted by Gasteiger charge is 2.69. The molecule has 0 aliphatic carbocycles. The molecule has 0 aromatic heterocycles. The fourth-order valence-electron chi connectivity index (χ4n) is 3.43. The molecule has 7 heteroatoms. The van der Waals surface area contributed by atoms with Crippen molar-refractivity contribution < 1.29 is 14.3 Å². The van der Waals surface area contributed by atoms with E-state index >= 15 is 0 Å². The fraction of sp³-hybridized carbons (Fsp3) is 0.667. The summed E-state index contributed by atoms with van der Waals surface area (Å²) in [4.78, 5) is 35.6. The van der Waals surface area contributed by atoms with Gasteiger partial charge in [-0.05, 0) is 21.8 Å². The molecule has 1 N–H and O–H groups in total. The Balaban J connectivity index is 2.07. The first-order valence-corrected chi connectivity index (χ1v) is 7.85. The SMILES string of the molecule is CC(C)CC1N=C2C3=C(NC=NC3)[N+](=O)[N+]2(CC(C)C)C1=O. The smallest absolute Gasteiger partial charge is 0.249 e. The molecule has 0 spiro atoms. The van der Waals surface area contributed by atoms with E-state index in [1.54, 1.807) is 0 Å². The number of nitrogens with zero attached hydrogens (tertiary/aromatic N) is 4. The van der Waals surface area contributed by atoms with Gasteiger partial charge in [0.2, 0.25) is 0 Å². The van der Waals surface area contributed by atoms with Gasteiger partial charge in [-0.15, -0.1) is 0 Å². The summed E-state index contributed by atoms with van der Waals surface area (Å²) in [6.45, 7) is 9.00. The largest absolute Gasteiger partial charge is 0.394 e. The summed E-state index contributed by atoms with van der Waals surface area (Å²) in [5.41, 5.74) is 0.762. The van der Waals surface area contributed by atoms with Crippen molar-refractivity contribution in [1.29, 1.82) is 0 Å². The van der Waals surface area contributed by atoms with Crippen LogP contribution in [0.2, 0.25) is 0 Å². The number of hydrogen-bond donors (Lipinski definition) is 1. The molecular weight excluding hydrogens is 282 g/mol. The Hall–Kier alpha value is -1.89. The number of carbonyl (C=O) groups excluding carboxylic acids is 1. The van der Waals surface area contributed by atoms with Crippen molar-refractivity contribution in [3.63, 3.8) is 0 Å². The van der Waals surface area contributed by atoms with Gasteiger partial charge in [-0.25, -0.2) is 20.1 Å². The van der Waals surface area contributed by atoms with Gasteiger partial charge in [0.15, 0.2) is 22.8 Å². The monoisotopic (exact) mass is 305 g/mol. The van der Waals surface area contributed by atoms with Gasteiger partial charge in [0.25, 0.3) is 5.84 Å². The quantitative estimate of drug-likeness (QED) is 0.629. The lowest BCUT2D eigenvalue weighted by Gasteiger charge is -2.22. The summed E-state index contributed by atoms with van der Waals surface area (Å²) < 4.78 is -0.323. The minimum absolute atomic E-state index is 0.108. The van der Waals surface area contributed by atoms with Crippen LogP contribution >= 0.6 is 0 Å². The number of fused-ring (bicyclic) bond motifs is 2. The number of quaternary nitrogens is 1. The fourth-order valence-corrected chi connectivity index (χ4v) is 3.43. The standard InChI is InChI=1S/C15H23N5O2/c1-9(2)5-12-15(21)20(7-10(3)4)14(18-12)11-6-16-8-17-13(11)19(20)22/h8-10,12H,5-7H2,1-4H3,(H,16,17)/q+2. The predicted molar refractivity (Wildman–Crippen MR) is 82.8 cm³/mol. The molecule has 22 heavy (non-hydrogen) atoms. The molecule has 0 aromatic carbocycles. The highest BCUT2D eigenvalue weighted by Crippen LogP contribution is 2.37. The molecule has 3 heterocycles. The third-order valence-corrected chi connectivity index (χ3v) is 4.20. The van der Waals surface area contributed by atoms with Crippen LogP contribution in [0.1, 0.15) is 34.1 Å². The zero-order chi connectivity index (χ0) is 16.1. The van der Waals surface area contributed by atoms with Crippen molar-refractivity contribution in [1.82, 2.24) is 5.32 Å². The van der Waals surface area contributed by atoms with Crippen LogP contribution in [-0.4, -0.2) is 46.7 Å². The molecule has 0 fully saturated rings. The number of rotatable bonds is 4. The number of nitrogens with one attached hydrogen (secondary N) is 1. The van der Waals surface area contributed by atoms with Crippen LogP contribution in [0.4, 0.5) is 0 Å². The van der Waals surface area contributed by atoms with Crippen LogP contribution < -0.4 is 5.32 Å². The number of aliphatic imine (C=N–C) groups is 2. The van der Waals surface area contributed by atoms with E-state index < -0.39 is 6.04 Å². The topological polar surface area (TPSA) is 73.9 Å². The van der Waals surface area contributed by atoms with E-state index in [4.69, 9.17) is 0 Å². The average molecular weight is 305 g/mol. The summed E-state index contributed by atoms with van der Waals surface area (Å²) in [6.07, 6.45) is 2.18. The van der Waals surface area contributed by atoms with E-state index in [-0.39, 0.29) is 16.4 Å². The lowest BCUT2D eigenvalue weighted by atomic mass is 10.0. The van der Waals surface area contributed by atoms with Gasteiger partial charge in [0.05, 0.1) is 6.54 Å². The Bertz CT molecular complexity index is 632. The van der Waals surface area contributed by atoms with Gasteiger partial charge in [0, 0.05) is 5.92 Å². The van der Waals surface area contributed by atoms with Gasteiger partial charge >= 0.3 is 11.7 Å². The molecule has 0 radical (unpaired) electrons. The number of hydrogen-bond acceptors (Lipinski definition) is 5. The highest BCUT2D eigenvalue weighted by atomic mass is 16.4. The molecule has 3 aliphatic heterocycles. The van der Waals surface area contributed by atoms with E-state index in [0.717, 1.165) is 10.4 Å². The first-order chi connectivity index (χ1) is 10.4. The molecule has 0 saturated carbocycles. The Morgan fingerprint density at radius 1 is 1.36 bits per heavy atom. The minimum Gasteiger partial charge on any atom is -0.249 e. The molecule has 2 atom stereocenters. The van der Waals surface area contributed by atoms with Gasteiger partial charge < -0.3 is 0 Å². The summed E-state index contributed by atoms with van der Waals surface area (Å²) in [5, 5.41) is 2.89. The summed E-state index contributed by atoms with van der Waals surface area (Å²) in [6, 6.07) is -0.426. The van der Waals surface area contributed by atoms with Crippen molar-refractivity contribution in [2.45, 2.75) is 40.2 Å². The van der Waals surface area contributed by atoms with Crippen LogP contribution in [0.5, 0.6) is 0 Å². The van der Waals surface area contributed by atoms with Crippen LogP contribution in [0.3, 0.4) is 0 Å². The average Bonchev–Trinajstić information content (AvgIpc) is 2.83. The molecule has 1 amide bonds. The number of amides is 1. The van der Waals surface area contributed by atoms with Crippen molar-refractivity contribution in [3.8, 4) is 0 Å². The molecule has 2 unspecified atom stereocenters. The van der Waals surface area contributed by atoms with E-state index in [9.17, 15) is 9.70 Å². The maximum absolute atomic E-state index is 13.1. The molecule has 0 bridgehead atoms. The lowest BCUT2D eigenvalue weighted by Crippen LogP contribution is -2.60. The number of nitroso groups, excluding NO2 is 1. The maximum Gasteiger partial charge on any atom is 0.394 e. The summed E-state index contributed by atoms with van der Waals surface area (Å²) in [5.74, 6) is 1.46. The first-order valence-electron chi connectivity index (χ1n) is 7.85. The van der Waals surface area contributed by atoms with Gasteiger partial charge in [0.1, 0.15) is 6.54 Å². The molecule has 118 valence electrons. The van der Waals surface area contributed by atoms with E-state index in [2.05, 4.69) is 29.1 Å². The third kappa shape index (κ3) is 1.95. The van der Waals surface area contributed by atoms with E-state index in [0.29, 0.717) is 37.1 Å². The van der Waals surface area contributed by atoms with Crippen LogP contribution in [-0.2, 0) is 4.79 Å². The Morgan fingerprint density at radius 2 is 2.09 bits per heavy atom. The molecule has 3 rings (SSSR count). The first kappa shape index (κ1) is 15.0. The molecule has 3 aliphatic rings. The second kappa shape index (κ2) is 5.08. The zero-order valence-corrected chi connectivity index (χ0v) is 13.5. The predicted octanol–water partition coefficient (Wildman–Crippen LogP) is 1.36. The van der Waals surface area contributed by atoms with E-state index in [1.165, 1.54) is 6.34 Å². The Labute approximate surface area is 129 Å². The van der Waals surface area contributed by atoms with Crippen LogP contribution in [0, 0.1) is 16.7 Å². The van der Waals surface area contributed by atoms with Crippen LogP contribution in [0.15, 0.2) is 21.4 Å². The number of carbonyl (C=O) groups is 1. The second-order valence-corrected chi connectivity index (χ2v) is 7.00. The van der Waals surface area contributed by atoms with Gasteiger partial charge in [-0.3, -0.25) is 0 Å². The summed E-state index contributed by atoms with van der Waals surface area (Å²) >= 11 is 0. The lowest BCUT2D eigenvalue weighted by molar-refractivity contribution is -1.22. The second-order valence-electron chi connectivity index (χ2n) is 7.00. The van der Waals surface area contributed by atoms with Crippen molar-refractivity contribution in [2.24, 2.45) is 21.8 Å². The maximum atomic E-state index is 13.1. The molecule has 0 aromatic rings. The minimum atomic E-state index is -0.426. The third-order valence-electron chi connectivity index (χ3n) is 4.20. The van der Waals surface area contributed by atoms with Gasteiger partial charge in [-0.2, -0.15) is 0 Å². The van der Waals surface area contributed by atoms with Crippen molar-refractivity contribution in [3.05, 3.63) is 16.3 Å². The van der Waals surface area contributed by atoms with Crippen LogP contribution in [0.25, 0.3) is 0 Å². The Morgan fingerprint density at radius 3 is 2.73 bits per heavy atom. The molecule has 7 nitrogen and oxygen atoms in total. The zero-order valence-electron chi connectivity index (χ0n) is 13.5. The van der Waals surface area contributed by atoms with Crippen molar-refractivity contribution >= 4 is 18.1 Å².